The zero-order valence-electron chi connectivity index (χ0n) is 12.9. The van der Waals surface area contributed by atoms with Crippen molar-refractivity contribution >= 4 is 17.6 Å². The van der Waals surface area contributed by atoms with Crippen LogP contribution in [-0.2, 0) is 19.1 Å². The molecule has 5 heteroatoms. The van der Waals surface area contributed by atoms with E-state index in [4.69, 9.17) is 9.47 Å². The number of ether oxygens (including phenoxy) is 2. The Morgan fingerprint density at radius 3 is 1.95 bits per heavy atom. The Morgan fingerprint density at radius 2 is 1.52 bits per heavy atom. The highest BCUT2D eigenvalue weighted by atomic mass is 16.6. The van der Waals surface area contributed by atoms with Gasteiger partial charge in [-0.05, 0) is 38.8 Å². The maximum absolute atomic E-state index is 11.8. The molecule has 0 fully saturated rings. The molecule has 1 aromatic rings. The zero-order valence-corrected chi connectivity index (χ0v) is 12.9. The number of hydrogen-bond donors (Lipinski definition) is 1. The van der Waals surface area contributed by atoms with Gasteiger partial charge in [-0.25, -0.2) is 9.59 Å². The highest BCUT2D eigenvalue weighted by Crippen LogP contribution is 2.19. The van der Waals surface area contributed by atoms with Crippen LogP contribution in [0.4, 0.5) is 5.69 Å². The van der Waals surface area contributed by atoms with E-state index in [1.807, 2.05) is 32.0 Å². The molecule has 0 unspecified atom stereocenters. The summed E-state index contributed by atoms with van der Waals surface area (Å²) in [6, 6.07) is 5.83. The molecule has 0 saturated carbocycles. The van der Waals surface area contributed by atoms with Crippen LogP contribution in [0.25, 0.3) is 0 Å². The van der Waals surface area contributed by atoms with Gasteiger partial charge in [0.2, 0.25) is 0 Å². The van der Waals surface area contributed by atoms with Crippen LogP contribution < -0.4 is 5.32 Å². The average molecular weight is 291 g/mol. The second kappa shape index (κ2) is 8.09. The number of aryl methyl sites for hydroxylation is 2. The Bertz CT molecular complexity index is 509. The number of para-hydroxylation sites is 1. The molecule has 1 N–H and O–H groups in total. The van der Waals surface area contributed by atoms with Crippen LogP contribution in [0.5, 0.6) is 0 Å². The third-order valence-electron chi connectivity index (χ3n) is 2.83. The average Bonchev–Trinajstić information content (AvgIpc) is 2.42. The Morgan fingerprint density at radius 1 is 1.05 bits per heavy atom. The summed E-state index contributed by atoms with van der Waals surface area (Å²) in [5.74, 6) is -1.40. The lowest BCUT2D eigenvalue weighted by molar-refractivity contribution is -0.146. The predicted octanol–water partition coefficient (Wildman–Crippen LogP) is 2.73. The van der Waals surface area contributed by atoms with Gasteiger partial charge in [-0.15, -0.1) is 0 Å². The molecular formula is C16H21NO4. The van der Waals surface area contributed by atoms with E-state index in [-0.39, 0.29) is 18.8 Å². The first-order chi connectivity index (χ1) is 10.0. The molecule has 0 aliphatic carbocycles. The fourth-order valence-electron chi connectivity index (χ4n) is 1.81. The molecule has 5 nitrogen and oxygen atoms in total. The van der Waals surface area contributed by atoms with E-state index in [2.05, 4.69) is 5.32 Å². The highest BCUT2D eigenvalue weighted by Gasteiger charge is 2.21. The third-order valence-corrected chi connectivity index (χ3v) is 2.83. The van der Waals surface area contributed by atoms with Gasteiger partial charge in [0.05, 0.1) is 13.2 Å². The SMILES string of the molecule is CCOC(=O)C(=CNc1c(C)cccc1C)C(=O)OCC. The number of rotatable bonds is 6. The molecule has 0 amide bonds. The van der Waals surface area contributed by atoms with Gasteiger partial charge in [0.1, 0.15) is 0 Å². The van der Waals surface area contributed by atoms with Gasteiger partial charge in [0.25, 0.3) is 0 Å². The second-order valence-electron chi connectivity index (χ2n) is 4.41. The monoisotopic (exact) mass is 291 g/mol. The lowest BCUT2D eigenvalue weighted by Crippen LogP contribution is -2.19. The van der Waals surface area contributed by atoms with Crippen LogP contribution in [0, 0.1) is 13.8 Å². The predicted molar refractivity (Wildman–Crippen MR) is 80.9 cm³/mol. The second-order valence-corrected chi connectivity index (χ2v) is 4.41. The molecule has 0 saturated heterocycles. The molecule has 0 bridgehead atoms. The van der Waals surface area contributed by atoms with Crippen molar-refractivity contribution in [2.75, 3.05) is 18.5 Å². The molecule has 21 heavy (non-hydrogen) atoms. The Labute approximate surface area is 124 Å². The van der Waals surface area contributed by atoms with E-state index in [0.717, 1.165) is 16.8 Å². The molecule has 0 spiro atoms. The minimum atomic E-state index is -0.699. The van der Waals surface area contributed by atoms with Gasteiger partial charge in [-0.3, -0.25) is 0 Å². The van der Waals surface area contributed by atoms with Crippen molar-refractivity contribution < 1.29 is 19.1 Å². The maximum atomic E-state index is 11.8. The fourth-order valence-corrected chi connectivity index (χ4v) is 1.81. The summed E-state index contributed by atoms with van der Waals surface area (Å²) in [5, 5.41) is 3.00. The smallest absolute Gasteiger partial charge is 0.347 e. The van der Waals surface area contributed by atoms with Crippen molar-refractivity contribution in [1.29, 1.82) is 0 Å². The normalized spacial score (nSPS) is 9.71. The largest absolute Gasteiger partial charge is 0.462 e. The van der Waals surface area contributed by atoms with Crippen LogP contribution in [0.15, 0.2) is 30.0 Å². The molecule has 114 valence electrons. The third kappa shape index (κ3) is 4.63. The van der Waals surface area contributed by atoms with E-state index in [1.165, 1.54) is 6.20 Å². The Balaban J connectivity index is 3.02. The number of carbonyl (C=O) groups excluding carboxylic acids is 2. The number of nitrogens with one attached hydrogen (secondary N) is 1. The zero-order chi connectivity index (χ0) is 15.8. The number of carbonyl (C=O) groups is 2. The minimum Gasteiger partial charge on any atom is -0.462 e. The first-order valence-electron chi connectivity index (χ1n) is 6.88. The summed E-state index contributed by atoms with van der Waals surface area (Å²) in [4.78, 5) is 23.6. The summed E-state index contributed by atoms with van der Waals surface area (Å²) < 4.78 is 9.74. The molecule has 0 atom stereocenters. The molecule has 0 aliphatic rings. The van der Waals surface area contributed by atoms with Gasteiger partial charge < -0.3 is 14.8 Å². The Kier molecular flexibility index (Phi) is 6.46. The van der Waals surface area contributed by atoms with Crippen LogP contribution >= 0.6 is 0 Å². The summed E-state index contributed by atoms with van der Waals surface area (Å²) in [7, 11) is 0. The first-order valence-corrected chi connectivity index (χ1v) is 6.88. The van der Waals surface area contributed by atoms with Gasteiger partial charge in [0, 0.05) is 11.9 Å². The number of benzene rings is 1. The van der Waals surface area contributed by atoms with E-state index in [1.54, 1.807) is 13.8 Å². The van der Waals surface area contributed by atoms with Crippen molar-refractivity contribution in [3.63, 3.8) is 0 Å². The van der Waals surface area contributed by atoms with Gasteiger partial charge in [0.15, 0.2) is 5.57 Å². The lowest BCUT2D eigenvalue weighted by Gasteiger charge is -2.11. The first kappa shape index (κ1) is 16.8. The van der Waals surface area contributed by atoms with Crippen molar-refractivity contribution in [2.24, 2.45) is 0 Å². The van der Waals surface area contributed by atoms with Crippen LogP contribution in [-0.4, -0.2) is 25.2 Å². The maximum Gasteiger partial charge on any atom is 0.347 e. The minimum absolute atomic E-state index is 0.152. The summed E-state index contributed by atoms with van der Waals surface area (Å²) in [5.41, 5.74) is 2.72. The molecule has 1 rings (SSSR count). The van der Waals surface area contributed by atoms with Crippen molar-refractivity contribution in [3.05, 3.63) is 41.1 Å². The van der Waals surface area contributed by atoms with E-state index in [9.17, 15) is 9.59 Å². The molecule has 0 aliphatic heterocycles. The molecule has 0 radical (unpaired) electrons. The number of esters is 2. The highest BCUT2D eigenvalue weighted by molar-refractivity contribution is 6.14. The van der Waals surface area contributed by atoms with Crippen molar-refractivity contribution in [2.45, 2.75) is 27.7 Å². The van der Waals surface area contributed by atoms with E-state index >= 15 is 0 Å². The summed E-state index contributed by atoms with van der Waals surface area (Å²) >= 11 is 0. The number of hydrogen-bond acceptors (Lipinski definition) is 5. The van der Waals surface area contributed by atoms with Gasteiger partial charge in [-0.1, -0.05) is 18.2 Å². The summed E-state index contributed by atoms with van der Waals surface area (Å²) in [6.07, 6.45) is 1.34. The molecular weight excluding hydrogens is 270 g/mol. The lowest BCUT2D eigenvalue weighted by atomic mass is 10.1. The molecule has 0 heterocycles. The molecule has 1 aromatic carbocycles. The van der Waals surface area contributed by atoms with Gasteiger partial charge >= 0.3 is 11.9 Å². The van der Waals surface area contributed by atoms with Crippen molar-refractivity contribution in [1.82, 2.24) is 0 Å². The number of anilines is 1. The van der Waals surface area contributed by atoms with Crippen LogP contribution in [0.3, 0.4) is 0 Å². The quantitative estimate of drug-likeness (QED) is 0.378. The molecule has 0 aromatic heterocycles. The van der Waals surface area contributed by atoms with Crippen molar-refractivity contribution in [3.8, 4) is 0 Å². The van der Waals surface area contributed by atoms with E-state index < -0.39 is 11.9 Å². The Hall–Kier alpha value is -2.30. The van der Waals surface area contributed by atoms with Crippen LogP contribution in [0.1, 0.15) is 25.0 Å². The topological polar surface area (TPSA) is 64.6 Å². The standard InChI is InChI=1S/C16H21NO4/c1-5-20-15(18)13(16(19)21-6-2)10-17-14-11(3)8-7-9-12(14)4/h7-10,17H,5-6H2,1-4H3. The van der Waals surface area contributed by atoms with Crippen LogP contribution in [0.2, 0.25) is 0 Å². The van der Waals surface area contributed by atoms with Gasteiger partial charge in [-0.2, -0.15) is 0 Å². The van der Waals surface area contributed by atoms with E-state index in [0.29, 0.717) is 0 Å². The summed E-state index contributed by atoms with van der Waals surface area (Å²) in [6.45, 7) is 7.63. The fraction of sp³-hybridized carbons (Fsp3) is 0.375.